The highest BCUT2D eigenvalue weighted by molar-refractivity contribution is 7.91. The van der Waals surface area contributed by atoms with E-state index in [9.17, 15) is 13.2 Å². The Morgan fingerprint density at radius 2 is 1.86 bits per heavy atom. The van der Waals surface area contributed by atoms with Crippen molar-refractivity contribution >= 4 is 27.2 Å². The lowest BCUT2D eigenvalue weighted by Crippen LogP contribution is -2.38. The summed E-state index contributed by atoms with van der Waals surface area (Å²) in [5.74, 6) is 0.178. The van der Waals surface area contributed by atoms with Gasteiger partial charge in [0, 0.05) is 30.5 Å². The molecule has 1 aromatic rings. The van der Waals surface area contributed by atoms with Crippen molar-refractivity contribution in [3.8, 4) is 0 Å². The Morgan fingerprint density at radius 1 is 1.23 bits per heavy atom. The standard InChI is InChI=1S/C15H23N3O3S/c1-3-18(4-2)14-7-5-12(6-8-14)16-15(19)17-13-9-10-22(20,21)11-13/h5-8,13H,3-4,9-11H2,1-2H3,(H2,16,17,19). The van der Waals surface area contributed by atoms with Crippen molar-refractivity contribution < 1.29 is 13.2 Å². The maximum atomic E-state index is 11.9. The van der Waals surface area contributed by atoms with Gasteiger partial charge in [-0.1, -0.05) is 0 Å². The second-order valence-electron chi connectivity index (χ2n) is 5.42. The van der Waals surface area contributed by atoms with Gasteiger partial charge >= 0.3 is 6.03 Å². The van der Waals surface area contributed by atoms with Gasteiger partial charge in [0.15, 0.2) is 9.84 Å². The molecule has 1 aromatic carbocycles. The van der Waals surface area contributed by atoms with Crippen molar-refractivity contribution in [1.82, 2.24) is 5.32 Å². The zero-order valence-electron chi connectivity index (χ0n) is 13.0. The maximum absolute atomic E-state index is 11.9. The first-order valence-electron chi connectivity index (χ1n) is 7.56. The molecule has 1 atom stereocenters. The Kier molecular flexibility index (Phi) is 5.28. The molecule has 6 nitrogen and oxygen atoms in total. The molecule has 2 amide bonds. The molecule has 22 heavy (non-hydrogen) atoms. The van der Waals surface area contributed by atoms with Crippen LogP contribution in [-0.4, -0.2) is 45.1 Å². The normalized spacial score (nSPS) is 19.6. The van der Waals surface area contributed by atoms with E-state index in [0.29, 0.717) is 12.1 Å². The van der Waals surface area contributed by atoms with E-state index in [0.717, 1.165) is 18.8 Å². The molecule has 7 heteroatoms. The molecule has 0 aromatic heterocycles. The van der Waals surface area contributed by atoms with Gasteiger partial charge in [-0.15, -0.1) is 0 Å². The largest absolute Gasteiger partial charge is 0.372 e. The number of urea groups is 1. The van der Waals surface area contributed by atoms with Crippen LogP contribution in [-0.2, 0) is 9.84 Å². The zero-order chi connectivity index (χ0) is 16.2. The molecule has 1 aliphatic heterocycles. The van der Waals surface area contributed by atoms with Crippen LogP contribution < -0.4 is 15.5 Å². The van der Waals surface area contributed by atoms with E-state index < -0.39 is 9.84 Å². The molecule has 1 fully saturated rings. The van der Waals surface area contributed by atoms with Crippen molar-refractivity contribution in [2.75, 3.05) is 34.8 Å². The number of amides is 2. The lowest BCUT2D eigenvalue weighted by molar-refractivity contribution is 0.249. The first kappa shape index (κ1) is 16.6. The number of benzene rings is 1. The van der Waals surface area contributed by atoms with E-state index in [1.165, 1.54) is 0 Å². The number of nitrogens with one attached hydrogen (secondary N) is 2. The number of carbonyl (C=O) groups excluding carboxylic acids is 1. The van der Waals surface area contributed by atoms with E-state index in [4.69, 9.17) is 0 Å². The van der Waals surface area contributed by atoms with Gasteiger partial charge in [-0.05, 0) is 44.5 Å². The third kappa shape index (κ3) is 4.37. The van der Waals surface area contributed by atoms with Gasteiger partial charge in [-0.3, -0.25) is 0 Å². The van der Waals surface area contributed by atoms with Crippen molar-refractivity contribution in [2.24, 2.45) is 0 Å². The maximum Gasteiger partial charge on any atom is 0.319 e. The topological polar surface area (TPSA) is 78.5 Å². The predicted octanol–water partition coefficient (Wildman–Crippen LogP) is 1.84. The van der Waals surface area contributed by atoms with Crippen LogP contribution in [0.3, 0.4) is 0 Å². The summed E-state index contributed by atoms with van der Waals surface area (Å²) >= 11 is 0. The molecule has 0 bridgehead atoms. The van der Waals surface area contributed by atoms with Crippen LogP contribution >= 0.6 is 0 Å². The van der Waals surface area contributed by atoms with Gasteiger partial charge < -0.3 is 15.5 Å². The molecule has 122 valence electrons. The van der Waals surface area contributed by atoms with Crippen molar-refractivity contribution in [3.63, 3.8) is 0 Å². The monoisotopic (exact) mass is 325 g/mol. The van der Waals surface area contributed by atoms with Crippen molar-refractivity contribution in [1.29, 1.82) is 0 Å². The molecule has 1 aliphatic rings. The van der Waals surface area contributed by atoms with Gasteiger partial charge in [0.25, 0.3) is 0 Å². The highest BCUT2D eigenvalue weighted by Gasteiger charge is 2.28. The van der Waals surface area contributed by atoms with Crippen molar-refractivity contribution in [2.45, 2.75) is 26.3 Å². The smallest absolute Gasteiger partial charge is 0.319 e. The fourth-order valence-corrected chi connectivity index (χ4v) is 4.28. The predicted molar refractivity (Wildman–Crippen MR) is 89.2 cm³/mol. The molecule has 0 aliphatic carbocycles. The lowest BCUT2D eigenvalue weighted by Gasteiger charge is -2.21. The molecule has 0 spiro atoms. The van der Waals surface area contributed by atoms with E-state index >= 15 is 0 Å². The number of anilines is 2. The van der Waals surface area contributed by atoms with E-state index in [1.807, 2.05) is 24.3 Å². The third-order valence-electron chi connectivity index (χ3n) is 3.82. The average molecular weight is 325 g/mol. The zero-order valence-corrected chi connectivity index (χ0v) is 13.8. The van der Waals surface area contributed by atoms with Crippen LogP contribution in [0.15, 0.2) is 24.3 Å². The molecule has 2 rings (SSSR count). The minimum atomic E-state index is -2.98. The minimum absolute atomic E-state index is 0.0291. The number of nitrogens with zero attached hydrogens (tertiary/aromatic N) is 1. The number of hydrogen-bond donors (Lipinski definition) is 2. The molecule has 0 saturated carbocycles. The molecular formula is C15H23N3O3S. The minimum Gasteiger partial charge on any atom is -0.372 e. The van der Waals surface area contributed by atoms with Gasteiger partial charge in [-0.2, -0.15) is 0 Å². The quantitative estimate of drug-likeness (QED) is 0.866. The van der Waals surface area contributed by atoms with Crippen LogP contribution in [0.5, 0.6) is 0 Å². The van der Waals surface area contributed by atoms with Gasteiger partial charge in [0.05, 0.1) is 11.5 Å². The van der Waals surface area contributed by atoms with Gasteiger partial charge in [-0.25, -0.2) is 13.2 Å². The summed E-state index contributed by atoms with van der Waals surface area (Å²) in [7, 11) is -2.98. The van der Waals surface area contributed by atoms with Crippen molar-refractivity contribution in [3.05, 3.63) is 24.3 Å². The molecule has 0 radical (unpaired) electrons. The fourth-order valence-electron chi connectivity index (χ4n) is 2.61. The fraction of sp³-hybridized carbons (Fsp3) is 0.533. The number of carbonyl (C=O) groups is 1. The van der Waals surface area contributed by atoms with E-state index in [2.05, 4.69) is 29.4 Å². The number of hydrogen-bond acceptors (Lipinski definition) is 4. The second-order valence-corrected chi connectivity index (χ2v) is 7.65. The summed E-state index contributed by atoms with van der Waals surface area (Å²) in [6, 6.07) is 6.96. The first-order chi connectivity index (χ1) is 10.4. The van der Waals surface area contributed by atoms with E-state index in [1.54, 1.807) is 0 Å². The lowest BCUT2D eigenvalue weighted by atomic mass is 10.2. The van der Waals surface area contributed by atoms with Gasteiger partial charge in [0.1, 0.15) is 0 Å². The van der Waals surface area contributed by atoms with Crippen LogP contribution in [0.2, 0.25) is 0 Å². The van der Waals surface area contributed by atoms with Gasteiger partial charge in [0.2, 0.25) is 0 Å². The Morgan fingerprint density at radius 3 is 2.36 bits per heavy atom. The number of rotatable bonds is 5. The summed E-state index contributed by atoms with van der Waals surface area (Å²) < 4.78 is 22.7. The highest BCUT2D eigenvalue weighted by atomic mass is 32.2. The molecule has 1 saturated heterocycles. The van der Waals surface area contributed by atoms with E-state index in [-0.39, 0.29) is 23.6 Å². The molecule has 1 heterocycles. The molecular weight excluding hydrogens is 302 g/mol. The number of sulfone groups is 1. The molecule has 1 unspecified atom stereocenters. The summed E-state index contributed by atoms with van der Waals surface area (Å²) in [6.45, 7) is 6.05. The summed E-state index contributed by atoms with van der Waals surface area (Å²) in [6.07, 6.45) is 0.483. The Hall–Kier alpha value is -1.76. The van der Waals surface area contributed by atoms with Crippen LogP contribution in [0, 0.1) is 0 Å². The SMILES string of the molecule is CCN(CC)c1ccc(NC(=O)NC2CCS(=O)(=O)C2)cc1. The summed E-state index contributed by atoms with van der Waals surface area (Å²) in [5.41, 5.74) is 1.80. The third-order valence-corrected chi connectivity index (χ3v) is 5.59. The second kappa shape index (κ2) is 7.00. The van der Waals surface area contributed by atoms with Crippen LogP contribution in [0.1, 0.15) is 20.3 Å². The highest BCUT2D eigenvalue weighted by Crippen LogP contribution is 2.18. The van der Waals surface area contributed by atoms with Crippen LogP contribution in [0.4, 0.5) is 16.2 Å². The van der Waals surface area contributed by atoms with Crippen LogP contribution in [0.25, 0.3) is 0 Å². The molecule has 2 N–H and O–H groups in total. The Bertz CT molecular complexity index is 609. The summed E-state index contributed by atoms with van der Waals surface area (Å²) in [4.78, 5) is 14.1. The Balaban J connectivity index is 1.89. The summed E-state index contributed by atoms with van der Waals surface area (Å²) in [5, 5.41) is 5.44. The first-order valence-corrected chi connectivity index (χ1v) is 9.38. The average Bonchev–Trinajstić information content (AvgIpc) is 2.81. The Labute approximate surface area is 131 Å².